The average Bonchev–Trinajstić information content (AvgIpc) is 1.55. The molecule has 0 unspecified atom stereocenters. The average molecular weight is 1310 g/mol. The van der Waals surface area contributed by atoms with E-state index in [0.717, 1.165) is 105 Å². The molecular weight excluding hydrogens is 1250 g/mol. The normalized spacial score (nSPS) is 11.9. The molecule has 0 atom stereocenters. The van der Waals surface area contributed by atoms with Gasteiger partial charge in [-0.2, -0.15) is 23.8 Å². The second kappa shape index (κ2) is 22.0. The van der Waals surface area contributed by atoms with E-state index in [9.17, 15) is 0 Å². The molecule has 0 fully saturated rings. The number of hydrogen-bond donors (Lipinski definition) is 0. The molecule has 0 radical (unpaired) electrons. The van der Waals surface area contributed by atoms with Crippen LogP contribution in [0.15, 0.2) is 201 Å². The SMILES string of the molecule is Cc1cccc(C)c1-c1cnc2c3[c-]cc(CCc4cc(CCc5[c-]cc6c(c5)c5ccccc5n5c(-c7c(C)cccc7C)cnc65)cc(CCc5c[c-]c6c(c5)c5ccccc5n5c(-c7c(C)cccc7C)cnc65)c4)cc3c3ccccc3n12.[Ir+3]. The Morgan fingerprint density at radius 3 is 1.08 bits per heavy atom. The molecule has 88 heavy (non-hydrogen) atoms. The summed E-state index contributed by atoms with van der Waals surface area (Å²) in [6.45, 7) is 13.2. The van der Waals surface area contributed by atoms with Gasteiger partial charge in [0.15, 0.2) is 0 Å². The van der Waals surface area contributed by atoms with Gasteiger partial charge in [0.25, 0.3) is 0 Å². The maximum absolute atomic E-state index is 5.12. The Balaban J connectivity index is 0.00000650. The first-order valence-corrected chi connectivity index (χ1v) is 30.6. The van der Waals surface area contributed by atoms with E-state index in [4.69, 9.17) is 15.0 Å². The zero-order valence-corrected chi connectivity index (χ0v) is 52.7. The summed E-state index contributed by atoms with van der Waals surface area (Å²) in [6, 6.07) is 78.4. The quantitative estimate of drug-likeness (QED) is 0.0905. The predicted octanol–water partition coefficient (Wildman–Crippen LogP) is 19.2. The largest absolute Gasteiger partial charge is 3.00 e. The topological polar surface area (TPSA) is 51.9 Å². The van der Waals surface area contributed by atoms with E-state index in [-0.39, 0.29) is 20.1 Å². The van der Waals surface area contributed by atoms with E-state index < -0.39 is 0 Å². The van der Waals surface area contributed by atoms with Crippen molar-refractivity contribution >= 4 is 82.0 Å². The Labute approximate surface area is 526 Å². The summed E-state index contributed by atoms with van der Waals surface area (Å²) in [5.74, 6) is 0. The molecule has 0 saturated carbocycles. The van der Waals surface area contributed by atoms with Crippen molar-refractivity contribution in [3.8, 4) is 33.8 Å². The minimum atomic E-state index is 0. The number of pyridine rings is 3. The summed E-state index contributed by atoms with van der Waals surface area (Å²) in [5, 5.41) is 10.4. The Bertz CT molecular complexity index is 4890. The molecule has 16 rings (SSSR count). The molecule has 16 aromatic rings. The summed E-state index contributed by atoms with van der Waals surface area (Å²) < 4.78 is 7.04. The van der Waals surface area contributed by atoms with Gasteiger partial charge < -0.3 is 13.2 Å². The van der Waals surface area contributed by atoms with Gasteiger partial charge in [-0.25, -0.2) is 4.98 Å². The third-order valence-corrected chi connectivity index (χ3v) is 18.7. The summed E-state index contributed by atoms with van der Waals surface area (Å²) in [5.41, 5.74) is 28.6. The number of fused-ring (bicyclic) bond motifs is 18. The Kier molecular flexibility index (Phi) is 13.8. The van der Waals surface area contributed by atoms with Gasteiger partial charge in [0.05, 0.1) is 45.7 Å². The minimum Gasteiger partial charge on any atom is -0.333 e. The first-order chi connectivity index (χ1) is 42.6. The van der Waals surface area contributed by atoms with Crippen molar-refractivity contribution in [1.82, 2.24) is 28.2 Å². The second-order valence-electron chi connectivity index (χ2n) is 24.3. The molecule has 0 bridgehead atoms. The van der Waals surface area contributed by atoms with Crippen LogP contribution in [0.3, 0.4) is 0 Å². The Hall–Kier alpha value is -9.52. The van der Waals surface area contributed by atoms with Crippen molar-refractivity contribution < 1.29 is 20.1 Å². The predicted molar refractivity (Wildman–Crippen MR) is 361 cm³/mol. The van der Waals surface area contributed by atoms with E-state index in [1.165, 1.54) is 116 Å². The molecule has 0 aliphatic carbocycles. The van der Waals surface area contributed by atoms with Crippen LogP contribution in [-0.2, 0) is 58.6 Å². The van der Waals surface area contributed by atoms with Crippen LogP contribution < -0.4 is 0 Å². The molecule has 6 aromatic heterocycles. The van der Waals surface area contributed by atoms with E-state index >= 15 is 0 Å². The van der Waals surface area contributed by atoms with Gasteiger partial charge in [-0.3, -0.25) is 9.97 Å². The van der Waals surface area contributed by atoms with Gasteiger partial charge >= 0.3 is 20.1 Å². The third kappa shape index (κ3) is 9.13. The molecule has 0 aliphatic heterocycles. The van der Waals surface area contributed by atoms with Crippen molar-refractivity contribution in [2.45, 2.75) is 80.1 Å². The van der Waals surface area contributed by atoms with Gasteiger partial charge in [0, 0.05) is 40.1 Å². The van der Waals surface area contributed by atoms with Gasteiger partial charge in [0.1, 0.15) is 0 Å². The van der Waals surface area contributed by atoms with E-state index in [2.05, 4.69) is 261 Å². The number of aromatic nitrogens is 6. The molecule has 0 amide bonds. The molecule has 10 aromatic carbocycles. The maximum Gasteiger partial charge on any atom is 3.00 e. The molecule has 0 N–H and O–H groups in total. The van der Waals surface area contributed by atoms with Crippen LogP contribution in [0.2, 0.25) is 0 Å². The fourth-order valence-corrected chi connectivity index (χ4v) is 14.6. The van der Waals surface area contributed by atoms with Crippen LogP contribution in [0.4, 0.5) is 0 Å². The summed E-state index contributed by atoms with van der Waals surface area (Å²) >= 11 is 0. The first kappa shape index (κ1) is 55.1. The van der Waals surface area contributed by atoms with Crippen molar-refractivity contribution in [3.05, 3.63) is 286 Å². The zero-order chi connectivity index (χ0) is 58.6. The standard InChI is InChI=1S/C81H63N6.Ir/c1-49-16-13-17-50(2)76(49)73-46-82-79-64-37-34-55(43-67(64)61-22-7-10-25-70(61)85(73)79)28-31-58-40-59(32-29-56-35-38-65-68(44-56)62-23-8-11-26-71(62)86-74(47-83-80(65)86)77-51(3)18-14-19-52(77)4)42-60(41-58)33-30-57-36-39-66-69(45-57)63-24-9-12-27-72(63)87-75(48-84-81(66)87)78-53(5)20-15-21-54(78)6;/h7-27,34-35,39-48H,28-33H2,1-6H3;/q-3;+3. The zero-order valence-electron chi connectivity index (χ0n) is 50.3. The van der Waals surface area contributed by atoms with Gasteiger partial charge in [-0.05, 0) is 152 Å². The van der Waals surface area contributed by atoms with E-state index in [1.807, 2.05) is 12.4 Å². The summed E-state index contributed by atoms with van der Waals surface area (Å²) in [7, 11) is 0. The molecule has 6 nitrogen and oxygen atoms in total. The monoisotopic (exact) mass is 1310 g/mol. The molecule has 0 spiro atoms. The van der Waals surface area contributed by atoms with E-state index in [1.54, 1.807) is 0 Å². The van der Waals surface area contributed by atoms with Crippen LogP contribution >= 0.6 is 0 Å². The molecule has 0 saturated heterocycles. The molecule has 7 heteroatoms. The number of benzene rings is 10. The third-order valence-electron chi connectivity index (χ3n) is 18.7. The summed E-state index contributed by atoms with van der Waals surface area (Å²) in [6.07, 6.45) is 11.5. The molecule has 0 aliphatic rings. The first-order valence-electron chi connectivity index (χ1n) is 30.6. The van der Waals surface area contributed by atoms with Crippen LogP contribution in [0.5, 0.6) is 0 Å². The van der Waals surface area contributed by atoms with Crippen molar-refractivity contribution in [2.24, 2.45) is 0 Å². The van der Waals surface area contributed by atoms with Crippen LogP contribution in [-0.4, -0.2) is 28.2 Å². The van der Waals surface area contributed by atoms with E-state index in [0.29, 0.717) is 0 Å². The number of imidazole rings is 3. The van der Waals surface area contributed by atoms with Gasteiger partial charge in [-0.1, -0.05) is 156 Å². The molecule has 6 heterocycles. The number of aryl methyl sites for hydroxylation is 12. The second-order valence-corrected chi connectivity index (χ2v) is 24.3. The molecular formula is C81H63IrN6. The smallest absolute Gasteiger partial charge is 0.333 e. The maximum atomic E-state index is 5.12. The minimum absolute atomic E-state index is 0. The fourth-order valence-electron chi connectivity index (χ4n) is 14.6. The molecule has 426 valence electrons. The van der Waals surface area contributed by atoms with Crippen molar-refractivity contribution in [1.29, 1.82) is 0 Å². The van der Waals surface area contributed by atoms with Crippen molar-refractivity contribution in [3.63, 3.8) is 0 Å². The van der Waals surface area contributed by atoms with Crippen LogP contribution in [0, 0.1) is 59.7 Å². The summed E-state index contributed by atoms with van der Waals surface area (Å²) in [4.78, 5) is 15.3. The van der Waals surface area contributed by atoms with Crippen LogP contribution in [0.1, 0.15) is 66.8 Å². The van der Waals surface area contributed by atoms with Crippen molar-refractivity contribution in [2.75, 3.05) is 0 Å². The number of nitrogens with zero attached hydrogens (tertiary/aromatic N) is 6. The number of rotatable bonds is 12. The number of para-hydroxylation sites is 3. The van der Waals surface area contributed by atoms with Crippen LogP contribution in [0.25, 0.3) is 116 Å². The van der Waals surface area contributed by atoms with Gasteiger partial charge in [-0.15, -0.1) is 63.7 Å². The number of hydrogen-bond acceptors (Lipinski definition) is 3. The Morgan fingerprint density at radius 1 is 0.307 bits per heavy atom. The van der Waals surface area contributed by atoms with Gasteiger partial charge in [0.2, 0.25) is 0 Å². The Morgan fingerprint density at radius 2 is 0.659 bits per heavy atom. The fraction of sp³-hybridized carbons (Fsp3) is 0.148.